The Labute approximate surface area is 76.9 Å². The molecule has 60 valence electrons. The summed E-state index contributed by atoms with van der Waals surface area (Å²) in [6.45, 7) is 0. The molecule has 0 aliphatic rings. The number of allylic oxidation sites excluding steroid dienone is 1. The Morgan fingerprint density at radius 1 is 1.50 bits per heavy atom. The first-order valence-corrected chi connectivity index (χ1v) is 4.00. The maximum absolute atomic E-state index is 8.27. The highest BCUT2D eigenvalue weighted by atomic mass is 35.5. The standard InChI is InChI=1S/C10H8ClN/c11-10-6-3-5-9(8-10)4-1-2-7-12/h1,3-6,8H,2H2. The van der Waals surface area contributed by atoms with Gasteiger partial charge in [-0.05, 0) is 17.7 Å². The van der Waals surface area contributed by atoms with Crippen molar-refractivity contribution in [2.24, 2.45) is 0 Å². The third-order valence-corrected chi connectivity index (χ3v) is 1.60. The van der Waals surface area contributed by atoms with Gasteiger partial charge in [-0.15, -0.1) is 0 Å². The highest BCUT2D eigenvalue weighted by Gasteiger charge is 1.87. The van der Waals surface area contributed by atoms with Gasteiger partial charge in [-0.3, -0.25) is 0 Å². The van der Waals surface area contributed by atoms with Gasteiger partial charge >= 0.3 is 0 Å². The van der Waals surface area contributed by atoms with Crippen molar-refractivity contribution >= 4 is 17.7 Å². The van der Waals surface area contributed by atoms with E-state index in [1.54, 1.807) is 0 Å². The second kappa shape index (κ2) is 4.58. The molecule has 1 aromatic carbocycles. The monoisotopic (exact) mass is 177 g/mol. The molecule has 0 aliphatic heterocycles. The van der Waals surface area contributed by atoms with E-state index >= 15 is 0 Å². The predicted octanol–water partition coefficient (Wildman–Crippen LogP) is 3.27. The lowest BCUT2D eigenvalue weighted by Crippen LogP contribution is -1.70. The third kappa shape index (κ3) is 2.77. The van der Waals surface area contributed by atoms with Crippen molar-refractivity contribution in [1.82, 2.24) is 0 Å². The summed E-state index contributed by atoms with van der Waals surface area (Å²) >= 11 is 5.76. The van der Waals surface area contributed by atoms with Crippen LogP contribution < -0.4 is 0 Å². The molecule has 0 amide bonds. The van der Waals surface area contributed by atoms with E-state index in [0.717, 1.165) is 5.56 Å². The molecule has 0 heterocycles. The fourth-order valence-electron chi connectivity index (χ4n) is 0.858. The zero-order valence-corrected chi connectivity index (χ0v) is 7.25. The SMILES string of the molecule is N#CCC=Cc1cccc(Cl)c1. The molecule has 2 heteroatoms. The molecule has 1 rings (SSSR count). The Morgan fingerprint density at radius 2 is 2.33 bits per heavy atom. The molecule has 12 heavy (non-hydrogen) atoms. The van der Waals surface area contributed by atoms with E-state index in [4.69, 9.17) is 16.9 Å². The zero-order valence-electron chi connectivity index (χ0n) is 6.50. The van der Waals surface area contributed by atoms with Crippen LogP contribution in [-0.2, 0) is 0 Å². The minimum atomic E-state index is 0.437. The largest absolute Gasteiger partial charge is 0.198 e. The molecule has 0 N–H and O–H groups in total. The summed E-state index contributed by atoms with van der Waals surface area (Å²) in [5.41, 5.74) is 1.03. The van der Waals surface area contributed by atoms with E-state index in [2.05, 4.69) is 0 Å². The lowest BCUT2D eigenvalue weighted by atomic mass is 10.2. The van der Waals surface area contributed by atoms with Gasteiger partial charge in [0.2, 0.25) is 0 Å². The Balaban J connectivity index is 2.71. The van der Waals surface area contributed by atoms with E-state index in [1.807, 2.05) is 42.5 Å². The molecule has 0 radical (unpaired) electrons. The van der Waals surface area contributed by atoms with Gasteiger partial charge in [-0.25, -0.2) is 0 Å². The summed E-state index contributed by atoms with van der Waals surface area (Å²) in [4.78, 5) is 0. The van der Waals surface area contributed by atoms with E-state index in [1.165, 1.54) is 0 Å². The lowest BCUT2D eigenvalue weighted by molar-refractivity contribution is 1.36. The molecular weight excluding hydrogens is 170 g/mol. The maximum atomic E-state index is 8.27. The highest BCUT2D eigenvalue weighted by Crippen LogP contribution is 2.11. The van der Waals surface area contributed by atoms with Gasteiger partial charge in [0, 0.05) is 5.02 Å². The second-order valence-corrected chi connectivity index (χ2v) is 2.76. The molecule has 0 fully saturated rings. The van der Waals surface area contributed by atoms with Gasteiger partial charge in [-0.1, -0.05) is 35.9 Å². The van der Waals surface area contributed by atoms with Crippen LogP contribution in [0.1, 0.15) is 12.0 Å². The number of nitriles is 1. The fourth-order valence-corrected chi connectivity index (χ4v) is 1.06. The van der Waals surface area contributed by atoms with Crippen LogP contribution in [0.2, 0.25) is 5.02 Å². The number of rotatable bonds is 2. The number of nitrogens with zero attached hydrogens (tertiary/aromatic N) is 1. The first-order chi connectivity index (χ1) is 5.83. The van der Waals surface area contributed by atoms with Crippen molar-refractivity contribution in [3.63, 3.8) is 0 Å². The van der Waals surface area contributed by atoms with Crippen molar-refractivity contribution in [3.05, 3.63) is 40.9 Å². The fraction of sp³-hybridized carbons (Fsp3) is 0.100. The van der Waals surface area contributed by atoms with Crippen LogP contribution in [0.15, 0.2) is 30.3 Å². The quantitative estimate of drug-likeness (QED) is 0.680. The van der Waals surface area contributed by atoms with E-state index in [-0.39, 0.29) is 0 Å². The smallest absolute Gasteiger partial charge is 0.0663 e. The summed E-state index contributed by atoms with van der Waals surface area (Å²) in [5.74, 6) is 0. The van der Waals surface area contributed by atoms with Crippen molar-refractivity contribution in [2.75, 3.05) is 0 Å². The van der Waals surface area contributed by atoms with Crippen LogP contribution in [0.5, 0.6) is 0 Å². The molecule has 1 aromatic rings. The van der Waals surface area contributed by atoms with Gasteiger partial charge in [-0.2, -0.15) is 5.26 Å². The number of halogens is 1. The zero-order chi connectivity index (χ0) is 8.81. The Kier molecular flexibility index (Phi) is 3.37. The number of hydrogen-bond acceptors (Lipinski definition) is 1. The van der Waals surface area contributed by atoms with Gasteiger partial charge in [0.1, 0.15) is 0 Å². The summed E-state index contributed by atoms with van der Waals surface area (Å²) in [5, 5.41) is 8.99. The summed E-state index contributed by atoms with van der Waals surface area (Å²) in [6, 6.07) is 9.54. The molecule has 1 nitrogen and oxygen atoms in total. The average Bonchev–Trinajstić information content (AvgIpc) is 2.05. The van der Waals surface area contributed by atoms with Crippen molar-refractivity contribution in [3.8, 4) is 6.07 Å². The van der Waals surface area contributed by atoms with E-state index in [9.17, 15) is 0 Å². The number of benzene rings is 1. The minimum absolute atomic E-state index is 0.437. The summed E-state index contributed by atoms with van der Waals surface area (Å²) < 4.78 is 0. The number of hydrogen-bond donors (Lipinski definition) is 0. The highest BCUT2D eigenvalue weighted by molar-refractivity contribution is 6.30. The molecular formula is C10H8ClN. The summed E-state index contributed by atoms with van der Waals surface area (Å²) in [6.07, 6.45) is 4.13. The normalized spacial score (nSPS) is 10.0. The predicted molar refractivity (Wildman–Crippen MR) is 50.7 cm³/mol. The molecule has 0 saturated heterocycles. The van der Waals surface area contributed by atoms with Crippen LogP contribution in [0.3, 0.4) is 0 Å². The van der Waals surface area contributed by atoms with E-state index < -0.39 is 0 Å². The third-order valence-electron chi connectivity index (χ3n) is 1.37. The van der Waals surface area contributed by atoms with E-state index in [0.29, 0.717) is 11.4 Å². The maximum Gasteiger partial charge on any atom is 0.0663 e. The van der Waals surface area contributed by atoms with Crippen LogP contribution in [0.25, 0.3) is 6.08 Å². The molecule has 0 aromatic heterocycles. The van der Waals surface area contributed by atoms with Gasteiger partial charge < -0.3 is 0 Å². The van der Waals surface area contributed by atoms with Crippen LogP contribution >= 0.6 is 11.6 Å². The first kappa shape index (κ1) is 8.83. The molecule has 0 unspecified atom stereocenters. The molecule has 0 aliphatic carbocycles. The molecule has 0 spiro atoms. The Hall–Kier alpha value is -1.26. The first-order valence-electron chi connectivity index (χ1n) is 3.62. The van der Waals surface area contributed by atoms with Crippen molar-refractivity contribution in [2.45, 2.75) is 6.42 Å². The van der Waals surface area contributed by atoms with Crippen molar-refractivity contribution < 1.29 is 0 Å². The van der Waals surface area contributed by atoms with Crippen LogP contribution in [0.4, 0.5) is 0 Å². The second-order valence-electron chi connectivity index (χ2n) is 2.32. The van der Waals surface area contributed by atoms with Gasteiger partial charge in [0.05, 0.1) is 12.5 Å². The van der Waals surface area contributed by atoms with Gasteiger partial charge in [0.25, 0.3) is 0 Å². The Bertz CT molecular complexity index is 323. The van der Waals surface area contributed by atoms with Gasteiger partial charge in [0.15, 0.2) is 0 Å². The topological polar surface area (TPSA) is 23.8 Å². The average molecular weight is 178 g/mol. The molecule has 0 atom stereocenters. The van der Waals surface area contributed by atoms with Crippen molar-refractivity contribution in [1.29, 1.82) is 5.26 Å². The lowest BCUT2D eigenvalue weighted by Gasteiger charge is -1.92. The van der Waals surface area contributed by atoms with Crippen LogP contribution in [0, 0.1) is 11.3 Å². The summed E-state index contributed by atoms with van der Waals surface area (Å²) in [7, 11) is 0. The Morgan fingerprint density at radius 3 is 3.00 bits per heavy atom. The molecule has 0 saturated carbocycles. The van der Waals surface area contributed by atoms with Crippen LogP contribution in [-0.4, -0.2) is 0 Å². The minimum Gasteiger partial charge on any atom is -0.198 e. The molecule has 0 bridgehead atoms.